The number of carbonyl (C=O) groups is 1. The Bertz CT molecular complexity index is 356. The molecule has 3 nitrogen and oxygen atoms in total. The number of nitrogens with one attached hydrogen (secondary N) is 1. The van der Waals surface area contributed by atoms with Gasteiger partial charge >= 0.3 is 0 Å². The van der Waals surface area contributed by atoms with Gasteiger partial charge in [-0.1, -0.05) is 18.2 Å². The van der Waals surface area contributed by atoms with Crippen LogP contribution in [0.4, 0.5) is 0 Å². The van der Waals surface area contributed by atoms with Gasteiger partial charge in [0.2, 0.25) is 0 Å². The molecule has 1 aromatic carbocycles. The van der Waals surface area contributed by atoms with E-state index >= 15 is 0 Å². The van der Waals surface area contributed by atoms with Crippen molar-refractivity contribution in [1.29, 1.82) is 0 Å². The van der Waals surface area contributed by atoms with Crippen molar-refractivity contribution < 1.29 is 9.53 Å². The maximum Gasteiger partial charge on any atom is 0.261 e. The van der Waals surface area contributed by atoms with Gasteiger partial charge in [-0.05, 0) is 18.1 Å². The zero-order valence-corrected chi connectivity index (χ0v) is 9.67. The van der Waals surface area contributed by atoms with Crippen LogP contribution in [0, 0.1) is 0 Å². The molecule has 2 rings (SSSR count). The van der Waals surface area contributed by atoms with Crippen LogP contribution in [0.2, 0.25) is 0 Å². The lowest BCUT2D eigenvalue weighted by molar-refractivity contribution is -0.127. The van der Waals surface area contributed by atoms with Gasteiger partial charge in [-0.2, -0.15) is 0 Å². The summed E-state index contributed by atoms with van der Waals surface area (Å²) in [5, 5.41) is 2.81. The quantitative estimate of drug-likeness (QED) is 0.642. The number of fused-ring (bicyclic) bond motifs is 1. The van der Waals surface area contributed by atoms with Gasteiger partial charge in [0.05, 0.1) is 0 Å². The number of alkyl halides is 1. The fourth-order valence-electron chi connectivity index (χ4n) is 1.72. The number of hydrogen-bond donors (Lipinski definition) is 1. The SMILES string of the molecule is O=C(NCCCCl)C1Cc2ccccc2O1. The van der Waals surface area contributed by atoms with Crippen LogP contribution >= 0.6 is 11.6 Å². The minimum Gasteiger partial charge on any atom is -0.480 e. The lowest BCUT2D eigenvalue weighted by atomic mass is 10.1. The Morgan fingerprint density at radius 1 is 1.50 bits per heavy atom. The zero-order chi connectivity index (χ0) is 11.4. The van der Waals surface area contributed by atoms with E-state index in [1.807, 2.05) is 24.3 Å². The van der Waals surface area contributed by atoms with Gasteiger partial charge in [-0.3, -0.25) is 4.79 Å². The van der Waals surface area contributed by atoms with Gasteiger partial charge in [-0.25, -0.2) is 0 Å². The summed E-state index contributed by atoms with van der Waals surface area (Å²) in [4.78, 5) is 11.7. The van der Waals surface area contributed by atoms with Crippen LogP contribution < -0.4 is 10.1 Å². The molecule has 16 heavy (non-hydrogen) atoms. The molecule has 1 unspecified atom stereocenters. The molecule has 0 saturated carbocycles. The van der Waals surface area contributed by atoms with Crippen molar-refractivity contribution in [2.75, 3.05) is 12.4 Å². The van der Waals surface area contributed by atoms with Gasteiger partial charge in [0, 0.05) is 18.8 Å². The topological polar surface area (TPSA) is 38.3 Å². The maximum absolute atomic E-state index is 11.7. The van der Waals surface area contributed by atoms with Gasteiger partial charge in [0.25, 0.3) is 5.91 Å². The molecule has 1 atom stereocenters. The smallest absolute Gasteiger partial charge is 0.261 e. The first-order valence-electron chi connectivity index (χ1n) is 5.39. The van der Waals surface area contributed by atoms with Gasteiger partial charge in [0.1, 0.15) is 5.75 Å². The number of hydrogen-bond acceptors (Lipinski definition) is 2. The fraction of sp³-hybridized carbons (Fsp3) is 0.417. The van der Waals surface area contributed by atoms with Gasteiger partial charge in [-0.15, -0.1) is 11.6 Å². The first-order valence-corrected chi connectivity index (χ1v) is 5.93. The number of rotatable bonds is 4. The van der Waals surface area contributed by atoms with Crippen molar-refractivity contribution in [3.8, 4) is 5.75 Å². The predicted octanol–water partition coefficient (Wildman–Crippen LogP) is 1.74. The number of amides is 1. The average Bonchev–Trinajstić information content (AvgIpc) is 2.73. The van der Waals surface area contributed by atoms with Crippen molar-refractivity contribution in [1.82, 2.24) is 5.32 Å². The van der Waals surface area contributed by atoms with E-state index in [1.54, 1.807) is 0 Å². The van der Waals surface area contributed by atoms with Crippen LogP contribution in [0.5, 0.6) is 5.75 Å². The van der Waals surface area contributed by atoms with E-state index in [9.17, 15) is 4.79 Å². The van der Waals surface area contributed by atoms with E-state index in [-0.39, 0.29) is 12.0 Å². The Kier molecular flexibility index (Phi) is 3.67. The molecule has 1 amide bonds. The molecule has 0 fully saturated rings. The van der Waals surface area contributed by atoms with E-state index in [0.717, 1.165) is 17.7 Å². The van der Waals surface area contributed by atoms with Crippen LogP contribution in [0.3, 0.4) is 0 Å². The molecule has 0 bridgehead atoms. The molecule has 1 aliphatic rings. The summed E-state index contributed by atoms with van der Waals surface area (Å²) in [6, 6.07) is 7.74. The summed E-state index contributed by atoms with van der Waals surface area (Å²) in [5.41, 5.74) is 1.10. The number of para-hydroxylation sites is 1. The molecular formula is C12H14ClNO2. The molecular weight excluding hydrogens is 226 g/mol. The van der Waals surface area contributed by atoms with Crippen molar-refractivity contribution in [3.05, 3.63) is 29.8 Å². The molecule has 0 spiro atoms. The molecule has 1 aromatic rings. The second kappa shape index (κ2) is 5.21. The number of carbonyl (C=O) groups excluding carboxylic acids is 1. The Morgan fingerprint density at radius 2 is 2.31 bits per heavy atom. The number of ether oxygens (including phenoxy) is 1. The lowest BCUT2D eigenvalue weighted by Crippen LogP contribution is -2.37. The Balaban J connectivity index is 1.88. The van der Waals surface area contributed by atoms with Crippen molar-refractivity contribution in [2.24, 2.45) is 0 Å². The Morgan fingerprint density at radius 3 is 3.06 bits per heavy atom. The second-order valence-corrected chi connectivity index (χ2v) is 4.13. The lowest BCUT2D eigenvalue weighted by Gasteiger charge is -2.10. The average molecular weight is 240 g/mol. The van der Waals surface area contributed by atoms with Gasteiger partial charge in [0.15, 0.2) is 6.10 Å². The van der Waals surface area contributed by atoms with E-state index in [2.05, 4.69) is 5.32 Å². The van der Waals surface area contributed by atoms with E-state index in [0.29, 0.717) is 18.8 Å². The molecule has 0 aromatic heterocycles. The molecule has 1 N–H and O–H groups in total. The van der Waals surface area contributed by atoms with Crippen LogP contribution in [0.15, 0.2) is 24.3 Å². The summed E-state index contributed by atoms with van der Waals surface area (Å²) in [6.45, 7) is 0.610. The summed E-state index contributed by atoms with van der Waals surface area (Å²) >= 11 is 5.54. The molecule has 1 aliphatic heterocycles. The molecule has 4 heteroatoms. The molecule has 0 aliphatic carbocycles. The summed E-state index contributed by atoms with van der Waals surface area (Å²) < 4.78 is 5.55. The highest BCUT2D eigenvalue weighted by molar-refractivity contribution is 6.17. The summed E-state index contributed by atoms with van der Waals surface area (Å²) in [7, 11) is 0. The predicted molar refractivity (Wildman–Crippen MR) is 62.9 cm³/mol. The standard InChI is InChI=1S/C12H14ClNO2/c13-6-3-7-14-12(15)11-8-9-4-1-2-5-10(9)16-11/h1-2,4-5,11H,3,6-8H2,(H,14,15). The van der Waals surface area contributed by atoms with Crippen molar-refractivity contribution >= 4 is 17.5 Å². The molecule has 86 valence electrons. The van der Waals surface area contributed by atoms with Gasteiger partial charge < -0.3 is 10.1 Å². The van der Waals surface area contributed by atoms with E-state index in [4.69, 9.17) is 16.3 Å². The largest absolute Gasteiger partial charge is 0.480 e. The zero-order valence-electron chi connectivity index (χ0n) is 8.91. The minimum atomic E-state index is -0.382. The van der Waals surface area contributed by atoms with Crippen LogP contribution in [0.1, 0.15) is 12.0 Å². The third-order valence-electron chi connectivity index (χ3n) is 2.55. The number of halogens is 1. The Hall–Kier alpha value is -1.22. The fourth-order valence-corrected chi connectivity index (χ4v) is 1.85. The highest BCUT2D eigenvalue weighted by atomic mass is 35.5. The third-order valence-corrected chi connectivity index (χ3v) is 2.82. The van der Waals surface area contributed by atoms with E-state index < -0.39 is 0 Å². The molecule has 0 saturated heterocycles. The summed E-state index contributed by atoms with van der Waals surface area (Å²) in [5.74, 6) is 1.33. The first-order chi connectivity index (χ1) is 7.81. The normalized spacial score (nSPS) is 17.7. The van der Waals surface area contributed by atoms with Crippen LogP contribution in [0.25, 0.3) is 0 Å². The van der Waals surface area contributed by atoms with Crippen molar-refractivity contribution in [3.63, 3.8) is 0 Å². The minimum absolute atomic E-state index is 0.0543. The number of benzene rings is 1. The maximum atomic E-state index is 11.7. The highest BCUT2D eigenvalue weighted by Gasteiger charge is 2.28. The van der Waals surface area contributed by atoms with E-state index in [1.165, 1.54) is 0 Å². The summed E-state index contributed by atoms with van der Waals surface area (Å²) in [6.07, 6.45) is 1.06. The third kappa shape index (κ3) is 2.47. The van der Waals surface area contributed by atoms with Crippen LogP contribution in [-0.2, 0) is 11.2 Å². The Labute approximate surface area is 99.7 Å². The highest BCUT2D eigenvalue weighted by Crippen LogP contribution is 2.27. The monoisotopic (exact) mass is 239 g/mol. The first kappa shape index (κ1) is 11.3. The van der Waals surface area contributed by atoms with Crippen molar-refractivity contribution in [2.45, 2.75) is 18.9 Å². The second-order valence-electron chi connectivity index (χ2n) is 3.75. The molecule has 0 radical (unpaired) electrons. The molecule has 1 heterocycles. The van der Waals surface area contributed by atoms with Crippen LogP contribution in [-0.4, -0.2) is 24.4 Å².